The average molecular weight is 302 g/mol. The standard InChI is InChI=1S/C6H5Br.C5H11N.C2H4O2/c7-6-4-2-1-3-5-6;6-5-3-1-2-4-5;1-4-2-3/h1-5H;5H,1-4,6H2;2H,1H3. The number of hydrogen-bond acceptors (Lipinski definition) is 3. The van der Waals surface area contributed by atoms with Crippen LogP contribution in [0.15, 0.2) is 34.8 Å². The quantitative estimate of drug-likeness (QED) is 0.811. The third-order valence-electron chi connectivity index (χ3n) is 2.23. The zero-order chi connectivity index (χ0) is 12.9. The largest absolute Gasteiger partial charge is 0.471 e. The van der Waals surface area contributed by atoms with Crippen LogP contribution in [0, 0.1) is 0 Å². The molecule has 0 radical (unpaired) electrons. The summed E-state index contributed by atoms with van der Waals surface area (Å²) in [5, 5.41) is 0. The monoisotopic (exact) mass is 301 g/mol. The lowest BCUT2D eigenvalue weighted by molar-refractivity contribution is -0.126. The summed E-state index contributed by atoms with van der Waals surface area (Å²) in [4.78, 5) is 8.95. The highest BCUT2D eigenvalue weighted by atomic mass is 79.9. The van der Waals surface area contributed by atoms with Gasteiger partial charge in [0.15, 0.2) is 0 Å². The molecule has 0 heterocycles. The lowest BCUT2D eigenvalue weighted by atomic mass is 10.3. The molecular weight excluding hydrogens is 282 g/mol. The van der Waals surface area contributed by atoms with Crippen molar-refractivity contribution in [3.63, 3.8) is 0 Å². The van der Waals surface area contributed by atoms with Crippen LogP contribution in [0.1, 0.15) is 25.7 Å². The van der Waals surface area contributed by atoms with E-state index in [2.05, 4.69) is 20.7 Å². The topological polar surface area (TPSA) is 52.3 Å². The van der Waals surface area contributed by atoms with Gasteiger partial charge in [0.05, 0.1) is 7.11 Å². The minimum absolute atomic E-state index is 0.375. The van der Waals surface area contributed by atoms with Crippen molar-refractivity contribution < 1.29 is 9.53 Å². The van der Waals surface area contributed by atoms with E-state index in [-0.39, 0.29) is 0 Å². The molecule has 1 aromatic carbocycles. The second-order valence-corrected chi connectivity index (χ2v) is 4.59. The highest BCUT2D eigenvalue weighted by Crippen LogP contribution is 2.14. The van der Waals surface area contributed by atoms with Gasteiger partial charge in [0.1, 0.15) is 0 Å². The van der Waals surface area contributed by atoms with E-state index < -0.39 is 0 Å². The van der Waals surface area contributed by atoms with Crippen LogP contribution >= 0.6 is 15.9 Å². The van der Waals surface area contributed by atoms with E-state index in [0.29, 0.717) is 12.5 Å². The van der Waals surface area contributed by atoms with Crippen LogP contribution in [0.2, 0.25) is 0 Å². The van der Waals surface area contributed by atoms with Crippen molar-refractivity contribution in [2.24, 2.45) is 5.73 Å². The summed E-state index contributed by atoms with van der Waals surface area (Å²) in [5.41, 5.74) is 5.53. The van der Waals surface area contributed by atoms with Crippen LogP contribution in [-0.2, 0) is 9.53 Å². The molecule has 0 unspecified atom stereocenters. The predicted octanol–water partition coefficient (Wildman–Crippen LogP) is 3.13. The first-order chi connectivity index (χ1) is 8.20. The SMILES string of the molecule is Brc1ccccc1.COC=O.NC1CCCC1. The molecule has 0 aliphatic heterocycles. The van der Waals surface area contributed by atoms with E-state index in [1.807, 2.05) is 30.3 Å². The lowest BCUT2D eigenvalue weighted by Crippen LogP contribution is -2.13. The molecule has 96 valence electrons. The number of rotatable bonds is 1. The summed E-state index contributed by atoms with van der Waals surface area (Å²) >= 11 is 3.31. The first-order valence-electron chi connectivity index (χ1n) is 5.63. The molecule has 2 rings (SSSR count). The lowest BCUT2D eigenvalue weighted by Gasteiger charge is -1.92. The Balaban J connectivity index is 0.000000236. The summed E-state index contributed by atoms with van der Waals surface area (Å²) in [5.74, 6) is 0. The van der Waals surface area contributed by atoms with Crippen LogP contribution in [0.4, 0.5) is 0 Å². The molecule has 3 nitrogen and oxygen atoms in total. The van der Waals surface area contributed by atoms with E-state index in [4.69, 9.17) is 10.5 Å². The van der Waals surface area contributed by atoms with Crippen LogP contribution in [0.5, 0.6) is 0 Å². The number of benzene rings is 1. The maximum absolute atomic E-state index is 8.95. The van der Waals surface area contributed by atoms with Gasteiger partial charge in [-0.2, -0.15) is 0 Å². The molecular formula is C13H20BrNO2. The van der Waals surface area contributed by atoms with Crippen molar-refractivity contribution in [3.05, 3.63) is 34.8 Å². The third-order valence-corrected chi connectivity index (χ3v) is 2.76. The summed E-state index contributed by atoms with van der Waals surface area (Å²) in [6.07, 6.45) is 5.25. The minimum atomic E-state index is 0.375. The molecule has 17 heavy (non-hydrogen) atoms. The summed E-state index contributed by atoms with van der Waals surface area (Å²) in [6, 6.07) is 10.5. The zero-order valence-electron chi connectivity index (χ0n) is 10.1. The molecule has 0 amide bonds. The maximum atomic E-state index is 8.95. The second-order valence-electron chi connectivity index (χ2n) is 3.67. The van der Waals surface area contributed by atoms with E-state index >= 15 is 0 Å². The highest BCUT2D eigenvalue weighted by Gasteiger charge is 2.07. The zero-order valence-corrected chi connectivity index (χ0v) is 11.7. The molecule has 0 saturated heterocycles. The fourth-order valence-corrected chi connectivity index (χ4v) is 1.68. The van der Waals surface area contributed by atoms with Crippen molar-refractivity contribution >= 4 is 22.4 Å². The number of ether oxygens (including phenoxy) is 1. The van der Waals surface area contributed by atoms with Crippen LogP contribution in [0.3, 0.4) is 0 Å². The Kier molecular flexibility index (Phi) is 11.0. The number of hydrogen-bond donors (Lipinski definition) is 1. The third kappa shape index (κ3) is 11.4. The van der Waals surface area contributed by atoms with Gasteiger partial charge >= 0.3 is 0 Å². The predicted molar refractivity (Wildman–Crippen MR) is 73.7 cm³/mol. The molecule has 1 aromatic rings. The van der Waals surface area contributed by atoms with E-state index in [9.17, 15) is 0 Å². The second kappa shape index (κ2) is 11.6. The normalized spacial score (nSPS) is 13.8. The van der Waals surface area contributed by atoms with E-state index in [0.717, 1.165) is 4.47 Å². The van der Waals surface area contributed by atoms with Crippen LogP contribution < -0.4 is 5.73 Å². The van der Waals surface area contributed by atoms with Gasteiger partial charge in [-0.15, -0.1) is 0 Å². The van der Waals surface area contributed by atoms with Crippen molar-refractivity contribution in [1.82, 2.24) is 0 Å². The van der Waals surface area contributed by atoms with Crippen molar-refractivity contribution in [1.29, 1.82) is 0 Å². The van der Waals surface area contributed by atoms with Gasteiger partial charge in [-0.3, -0.25) is 4.79 Å². The first-order valence-corrected chi connectivity index (χ1v) is 6.42. The highest BCUT2D eigenvalue weighted by molar-refractivity contribution is 9.10. The summed E-state index contributed by atoms with van der Waals surface area (Å²) in [7, 11) is 1.31. The molecule has 0 spiro atoms. The molecule has 0 bridgehead atoms. The Morgan fingerprint density at radius 3 is 1.94 bits per heavy atom. The Morgan fingerprint density at radius 1 is 1.29 bits per heavy atom. The van der Waals surface area contributed by atoms with Gasteiger partial charge in [0.2, 0.25) is 0 Å². The first kappa shape index (κ1) is 16.1. The molecule has 0 atom stereocenters. The average Bonchev–Trinajstić information content (AvgIpc) is 2.82. The maximum Gasteiger partial charge on any atom is 0.292 e. The summed E-state index contributed by atoms with van der Waals surface area (Å²) in [6.45, 7) is 0.375. The smallest absolute Gasteiger partial charge is 0.292 e. The number of methoxy groups -OCH3 is 1. The minimum Gasteiger partial charge on any atom is -0.471 e. The number of carbonyl (C=O) groups excluding carboxylic acids is 1. The molecule has 2 N–H and O–H groups in total. The molecule has 1 aliphatic rings. The van der Waals surface area contributed by atoms with E-state index in [1.165, 1.54) is 32.8 Å². The molecule has 1 fully saturated rings. The van der Waals surface area contributed by atoms with Gasteiger partial charge in [-0.05, 0) is 25.0 Å². The number of carbonyl (C=O) groups is 1. The van der Waals surface area contributed by atoms with Gasteiger partial charge in [-0.1, -0.05) is 47.0 Å². The molecule has 0 aromatic heterocycles. The Morgan fingerprint density at radius 2 is 1.76 bits per heavy atom. The molecule has 1 saturated carbocycles. The van der Waals surface area contributed by atoms with E-state index in [1.54, 1.807) is 0 Å². The fourth-order valence-electron chi connectivity index (χ4n) is 1.37. The van der Waals surface area contributed by atoms with Crippen molar-refractivity contribution in [3.8, 4) is 0 Å². The fraction of sp³-hybridized carbons (Fsp3) is 0.462. The van der Waals surface area contributed by atoms with Crippen LogP contribution in [0.25, 0.3) is 0 Å². The van der Waals surface area contributed by atoms with Gasteiger partial charge in [0.25, 0.3) is 6.47 Å². The van der Waals surface area contributed by atoms with Gasteiger partial charge in [0, 0.05) is 10.5 Å². The van der Waals surface area contributed by atoms with Crippen molar-refractivity contribution in [2.75, 3.05) is 7.11 Å². The number of nitrogens with two attached hydrogens (primary N) is 1. The van der Waals surface area contributed by atoms with Crippen molar-refractivity contribution in [2.45, 2.75) is 31.7 Å². The van der Waals surface area contributed by atoms with Gasteiger partial charge < -0.3 is 10.5 Å². The summed E-state index contributed by atoms with van der Waals surface area (Å²) < 4.78 is 5.00. The molecule has 1 aliphatic carbocycles. The Labute approximate surface area is 111 Å². The Hall–Kier alpha value is -0.870. The van der Waals surface area contributed by atoms with Gasteiger partial charge in [-0.25, -0.2) is 0 Å². The Bertz CT molecular complexity index is 274. The number of halogens is 1. The van der Waals surface area contributed by atoms with Crippen LogP contribution in [-0.4, -0.2) is 19.6 Å². The molecule has 4 heteroatoms.